The maximum atomic E-state index is 5.95. The molecule has 0 unspecified atom stereocenters. The van der Waals surface area contributed by atoms with Crippen LogP contribution in [0.1, 0.15) is 31.1 Å². The second-order valence-electron chi connectivity index (χ2n) is 5.72. The molecule has 2 rings (SSSR count). The lowest BCUT2D eigenvalue weighted by atomic mass is 10.1. The van der Waals surface area contributed by atoms with Gasteiger partial charge >= 0.3 is 0 Å². The average molecular weight is 471 g/mol. The minimum Gasteiger partial charge on any atom is -0.356 e. The third-order valence-electron chi connectivity index (χ3n) is 3.98. The maximum absolute atomic E-state index is 5.95. The molecule has 2 heterocycles. The van der Waals surface area contributed by atoms with Gasteiger partial charge in [-0.3, -0.25) is 4.99 Å². The largest absolute Gasteiger partial charge is 0.356 e. The monoisotopic (exact) mass is 470 g/mol. The molecule has 0 amide bonds. The average Bonchev–Trinajstić information content (AvgIpc) is 2.94. The molecular weight excluding hydrogens is 443 g/mol. The van der Waals surface area contributed by atoms with E-state index in [1.54, 1.807) is 11.3 Å². The van der Waals surface area contributed by atoms with E-state index in [1.165, 1.54) is 43.8 Å². The van der Waals surface area contributed by atoms with E-state index < -0.39 is 0 Å². The van der Waals surface area contributed by atoms with Crippen LogP contribution in [0.3, 0.4) is 0 Å². The summed E-state index contributed by atoms with van der Waals surface area (Å²) in [5.41, 5.74) is 0. The van der Waals surface area contributed by atoms with Crippen LogP contribution in [-0.2, 0) is 6.42 Å². The van der Waals surface area contributed by atoms with Crippen molar-refractivity contribution < 1.29 is 0 Å². The van der Waals surface area contributed by atoms with Crippen LogP contribution in [0, 0.1) is 0 Å². The summed E-state index contributed by atoms with van der Waals surface area (Å²) >= 11 is 7.60. The molecule has 132 valence electrons. The molecule has 0 saturated carbocycles. The van der Waals surface area contributed by atoms with Crippen molar-refractivity contribution in [2.24, 2.45) is 4.99 Å². The van der Waals surface area contributed by atoms with Crippen molar-refractivity contribution in [2.75, 3.05) is 33.2 Å². The first-order valence-corrected chi connectivity index (χ1v) is 9.34. The van der Waals surface area contributed by atoms with Gasteiger partial charge in [0.2, 0.25) is 0 Å². The van der Waals surface area contributed by atoms with Crippen LogP contribution in [0.5, 0.6) is 0 Å². The Kier molecular flexibility index (Phi) is 10.5. The number of nitrogens with one attached hydrogen (secondary N) is 2. The molecule has 1 aromatic rings. The summed E-state index contributed by atoms with van der Waals surface area (Å²) in [6, 6.07) is 4.59. The van der Waals surface area contributed by atoms with Crippen LogP contribution >= 0.6 is 46.9 Å². The number of hydrogen-bond acceptors (Lipinski definition) is 3. The Labute approximate surface area is 166 Å². The maximum Gasteiger partial charge on any atom is 0.191 e. The highest BCUT2D eigenvalue weighted by atomic mass is 127. The van der Waals surface area contributed by atoms with E-state index in [1.807, 2.05) is 13.1 Å². The lowest BCUT2D eigenvalue weighted by molar-refractivity contribution is 0.206. The minimum absolute atomic E-state index is 0. The van der Waals surface area contributed by atoms with Gasteiger partial charge in [-0.15, -0.1) is 35.3 Å². The third-order valence-corrected chi connectivity index (χ3v) is 5.28. The van der Waals surface area contributed by atoms with E-state index in [-0.39, 0.29) is 24.0 Å². The Bertz CT molecular complexity index is 472. The van der Waals surface area contributed by atoms with Gasteiger partial charge in [0.25, 0.3) is 0 Å². The molecule has 1 aromatic heterocycles. The molecule has 1 aliphatic heterocycles. The van der Waals surface area contributed by atoms with Gasteiger partial charge in [0.05, 0.1) is 4.34 Å². The molecule has 0 radical (unpaired) electrons. The first kappa shape index (κ1) is 21.0. The highest BCUT2D eigenvalue weighted by Gasteiger charge is 2.19. The van der Waals surface area contributed by atoms with Crippen LogP contribution in [-0.4, -0.2) is 50.1 Å². The number of rotatable bonds is 6. The van der Waals surface area contributed by atoms with Crippen LogP contribution in [0.2, 0.25) is 4.34 Å². The van der Waals surface area contributed by atoms with Crippen LogP contribution in [0.4, 0.5) is 0 Å². The van der Waals surface area contributed by atoms with E-state index in [4.69, 9.17) is 11.6 Å². The SMILES string of the molecule is CCCN1CCC(NC(=NC)NCCc2ccc(Cl)s2)CC1.I. The number of guanidine groups is 1. The van der Waals surface area contributed by atoms with Crippen molar-refractivity contribution in [3.63, 3.8) is 0 Å². The zero-order valence-electron chi connectivity index (χ0n) is 14.0. The predicted octanol–water partition coefficient (Wildman–Crippen LogP) is 3.60. The highest BCUT2D eigenvalue weighted by molar-refractivity contribution is 14.0. The van der Waals surface area contributed by atoms with Gasteiger partial charge in [0, 0.05) is 37.6 Å². The number of likely N-dealkylation sites (tertiary alicyclic amines) is 1. The molecule has 0 bridgehead atoms. The van der Waals surface area contributed by atoms with Gasteiger partial charge in [-0.2, -0.15) is 0 Å². The summed E-state index contributed by atoms with van der Waals surface area (Å²) in [5.74, 6) is 0.914. The fraction of sp³-hybridized carbons (Fsp3) is 0.688. The standard InChI is InChI=1S/C16H27ClN4S.HI/c1-3-10-21-11-7-13(8-12-21)20-16(18-2)19-9-6-14-4-5-15(17)22-14;/h4-5,13H,3,6-12H2,1-2H3,(H2,18,19,20);1H. The summed E-state index contributed by atoms with van der Waals surface area (Å²) in [5, 5.41) is 6.95. The highest BCUT2D eigenvalue weighted by Crippen LogP contribution is 2.21. The van der Waals surface area contributed by atoms with Gasteiger partial charge in [-0.25, -0.2) is 0 Å². The van der Waals surface area contributed by atoms with Gasteiger partial charge in [0.1, 0.15) is 0 Å². The number of piperidine rings is 1. The van der Waals surface area contributed by atoms with E-state index in [9.17, 15) is 0 Å². The molecule has 1 saturated heterocycles. The summed E-state index contributed by atoms with van der Waals surface area (Å²) in [4.78, 5) is 8.19. The summed E-state index contributed by atoms with van der Waals surface area (Å²) < 4.78 is 0.858. The molecule has 1 aliphatic rings. The molecule has 4 nitrogen and oxygen atoms in total. The Balaban J connectivity index is 0.00000264. The van der Waals surface area contributed by atoms with Gasteiger partial charge in [-0.05, 0) is 44.4 Å². The van der Waals surface area contributed by atoms with Crippen molar-refractivity contribution in [3.05, 3.63) is 21.3 Å². The van der Waals surface area contributed by atoms with E-state index in [0.717, 1.165) is 23.3 Å². The number of nitrogens with zero attached hydrogens (tertiary/aromatic N) is 2. The molecule has 0 atom stereocenters. The predicted molar refractivity (Wildman–Crippen MR) is 113 cm³/mol. The van der Waals surface area contributed by atoms with Crippen molar-refractivity contribution in [2.45, 2.75) is 38.6 Å². The normalized spacial score (nSPS) is 16.9. The quantitative estimate of drug-likeness (QED) is 0.379. The first-order chi connectivity index (χ1) is 10.7. The molecule has 0 spiro atoms. The molecule has 0 aromatic carbocycles. The van der Waals surface area contributed by atoms with Crippen molar-refractivity contribution in [1.29, 1.82) is 0 Å². The molecule has 7 heteroatoms. The number of thiophene rings is 1. The van der Waals surface area contributed by atoms with Crippen LogP contribution < -0.4 is 10.6 Å². The lowest BCUT2D eigenvalue weighted by Crippen LogP contribution is -2.49. The summed E-state index contributed by atoms with van der Waals surface area (Å²) in [6.45, 7) is 6.73. The van der Waals surface area contributed by atoms with Gasteiger partial charge in [0.15, 0.2) is 5.96 Å². The summed E-state index contributed by atoms with van der Waals surface area (Å²) in [7, 11) is 1.84. The first-order valence-electron chi connectivity index (χ1n) is 8.15. The summed E-state index contributed by atoms with van der Waals surface area (Å²) in [6.07, 6.45) is 4.61. The van der Waals surface area contributed by atoms with E-state index in [2.05, 4.69) is 33.5 Å². The fourth-order valence-corrected chi connectivity index (χ4v) is 3.88. The molecule has 0 aliphatic carbocycles. The van der Waals surface area contributed by atoms with Crippen molar-refractivity contribution >= 4 is 52.9 Å². The second-order valence-corrected chi connectivity index (χ2v) is 7.51. The van der Waals surface area contributed by atoms with Gasteiger partial charge in [-0.1, -0.05) is 18.5 Å². The van der Waals surface area contributed by atoms with Crippen molar-refractivity contribution in [3.8, 4) is 0 Å². The zero-order chi connectivity index (χ0) is 15.8. The number of hydrogen-bond donors (Lipinski definition) is 2. The molecule has 1 fully saturated rings. The number of halogens is 2. The fourth-order valence-electron chi connectivity index (χ4n) is 2.80. The lowest BCUT2D eigenvalue weighted by Gasteiger charge is -2.32. The van der Waals surface area contributed by atoms with Crippen molar-refractivity contribution in [1.82, 2.24) is 15.5 Å². The molecular formula is C16H28ClIN4S. The zero-order valence-corrected chi connectivity index (χ0v) is 17.9. The van der Waals surface area contributed by atoms with Crippen LogP contribution in [0.25, 0.3) is 0 Å². The van der Waals surface area contributed by atoms with E-state index in [0.29, 0.717) is 6.04 Å². The third kappa shape index (κ3) is 7.58. The number of aliphatic imine (C=N–C) groups is 1. The molecule has 23 heavy (non-hydrogen) atoms. The van der Waals surface area contributed by atoms with E-state index >= 15 is 0 Å². The second kappa shape index (κ2) is 11.5. The van der Waals surface area contributed by atoms with Gasteiger partial charge < -0.3 is 15.5 Å². The Hall–Kier alpha value is -0.0500. The Morgan fingerprint density at radius 2 is 2.13 bits per heavy atom. The Morgan fingerprint density at radius 1 is 1.39 bits per heavy atom. The minimum atomic E-state index is 0. The van der Waals surface area contributed by atoms with Crippen LogP contribution in [0.15, 0.2) is 17.1 Å². The topological polar surface area (TPSA) is 39.7 Å². The molecule has 2 N–H and O–H groups in total. The Morgan fingerprint density at radius 3 is 2.70 bits per heavy atom. The smallest absolute Gasteiger partial charge is 0.191 e.